The topological polar surface area (TPSA) is 63.4 Å². The Morgan fingerprint density at radius 2 is 2.00 bits per heavy atom. The molecule has 6 nitrogen and oxygen atoms in total. The predicted molar refractivity (Wildman–Crippen MR) is 106 cm³/mol. The number of rotatable bonds is 8. The highest BCUT2D eigenvalue weighted by Crippen LogP contribution is 2.25. The Kier molecular flexibility index (Phi) is 6.63. The van der Waals surface area contributed by atoms with Gasteiger partial charge in [0.15, 0.2) is 5.82 Å². The molecular weight excluding hydrogens is 340 g/mol. The lowest BCUT2D eigenvalue weighted by atomic mass is 9.93. The first-order valence-electron chi connectivity index (χ1n) is 9.61. The average molecular weight is 370 g/mol. The fraction of sp³-hybridized carbons (Fsp3) is 0.524. The van der Waals surface area contributed by atoms with E-state index in [2.05, 4.69) is 39.9 Å². The minimum Gasteiger partial charge on any atom is -0.496 e. The van der Waals surface area contributed by atoms with Crippen LogP contribution in [0.4, 0.5) is 0 Å². The van der Waals surface area contributed by atoms with Crippen LogP contribution in [0.3, 0.4) is 0 Å². The van der Waals surface area contributed by atoms with Crippen LogP contribution in [0.1, 0.15) is 35.6 Å². The van der Waals surface area contributed by atoms with Gasteiger partial charge < -0.3 is 14.4 Å². The summed E-state index contributed by atoms with van der Waals surface area (Å²) >= 11 is 0. The molecule has 6 heteroatoms. The Morgan fingerprint density at radius 1 is 1.26 bits per heavy atom. The van der Waals surface area contributed by atoms with Crippen molar-refractivity contribution in [3.63, 3.8) is 0 Å². The van der Waals surface area contributed by atoms with Crippen molar-refractivity contribution in [1.29, 1.82) is 0 Å². The molecular formula is C21H30N4O2. The van der Waals surface area contributed by atoms with E-state index in [-0.39, 0.29) is 6.61 Å². The number of likely N-dealkylation sites (tertiary alicyclic amines) is 1. The molecule has 1 aromatic heterocycles. The van der Waals surface area contributed by atoms with Crippen LogP contribution in [0, 0.1) is 5.92 Å². The van der Waals surface area contributed by atoms with Crippen LogP contribution < -0.4 is 4.74 Å². The van der Waals surface area contributed by atoms with Crippen LogP contribution in [0.5, 0.6) is 5.75 Å². The van der Waals surface area contributed by atoms with Gasteiger partial charge >= 0.3 is 0 Å². The van der Waals surface area contributed by atoms with Gasteiger partial charge in [-0.1, -0.05) is 18.2 Å². The van der Waals surface area contributed by atoms with E-state index in [1.54, 1.807) is 7.11 Å². The molecule has 3 rings (SSSR count). The summed E-state index contributed by atoms with van der Waals surface area (Å²) in [6.07, 6.45) is 6.01. The van der Waals surface area contributed by atoms with Gasteiger partial charge in [-0.2, -0.15) is 0 Å². The number of aromatic nitrogens is 3. The summed E-state index contributed by atoms with van der Waals surface area (Å²) in [6.45, 7) is 6.95. The number of allylic oxidation sites excluding steroid dienone is 1. The van der Waals surface area contributed by atoms with Gasteiger partial charge in [-0.3, -0.25) is 4.90 Å². The lowest BCUT2D eigenvalue weighted by Crippen LogP contribution is -2.34. The highest BCUT2D eigenvalue weighted by atomic mass is 16.5. The van der Waals surface area contributed by atoms with Crippen molar-refractivity contribution in [2.45, 2.75) is 38.8 Å². The lowest BCUT2D eigenvalue weighted by Gasteiger charge is -2.32. The Hall–Kier alpha value is -2.18. The first-order chi connectivity index (χ1) is 13.1. The van der Waals surface area contributed by atoms with Crippen LogP contribution in [0.2, 0.25) is 0 Å². The fourth-order valence-electron chi connectivity index (χ4n) is 3.82. The Balaban J connectivity index is 1.54. The standard InChI is InChI=1S/C21H30N4O2/c1-4-5-18-12-17(6-7-19(18)27-3)14-25-10-8-16(9-11-25)13-20-22-23-21(15-26)24(20)2/h4,6-7,12,16,26H,1,5,8-11,13-15H2,2-3H3. The van der Waals surface area contributed by atoms with E-state index in [1.165, 1.54) is 11.1 Å². The van der Waals surface area contributed by atoms with Gasteiger partial charge in [0.1, 0.15) is 18.2 Å². The highest BCUT2D eigenvalue weighted by molar-refractivity contribution is 5.38. The molecule has 0 saturated carbocycles. The number of aliphatic hydroxyl groups excluding tert-OH is 1. The molecule has 1 aromatic carbocycles. The van der Waals surface area contributed by atoms with Crippen LogP contribution in [0.25, 0.3) is 0 Å². The molecule has 0 amide bonds. The molecule has 1 saturated heterocycles. The number of benzene rings is 1. The van der Waals surface area contributed by atoms with Crippen molar-refractivity contribution in [1.82, 2.24) is 19.7 Å². The van der Waals surface area contributed by atoms with E-state index < -0.39 is 0 Å². The summed E-state index contributed by atoms with van der Waals surface area (Å²) < 4.78 is 7.36. The zero-order valence-corrected chi connectivity index (χ0v) is 16.4. The maximum Gasteiger partial charge on any atom is 0.158 e. The summed E-state index contributed by atoms with van der Waals surface area (Å²) in [5.74, 6) is 3.17. The van der Waals surface area contributed by atoms with Gasteiger partial charge in [0.25, 0.3) is 0 Å². The zero-order chi connectivity index (χ0) is 19.2. The van der Waals surface area contributed by atoms with E-state index in [1.807, 2.05) is 17.7 Å². The third-order valence-corrected chi connectivity index (χ3v) is 5.49. The second kappa shape index (κ2) is 9.15. The summed E-state index contributed by atoms with van der Waals surface area (Å²) in [7, 11) is 3.65. The van der Waals surface area contributed by atoms with Crippen molar-refractivity contribution in [3.05, 3.63) is 53.6 Å². The molecule has 0 atom stereocenters. The quantitative estimate of drug-likeness (QED) is 0.724. The Bertz CT molecular complexity index is 764. The molecule has 1 fully saturated rings. The first-order valence-corrected chi connectivity index (χ1v) is 9.61. The summed E-state index contributed by atoms with van der Waals surface area (Å²) in [5, 5.41) is 17.5. The van der Waals surface area contributed by atoms with Crippen molar-refractivity contribution in [3.8, 4) is 5.75 Å². The SMILES string of the molecule is C=CCc1cc(CN2CCC(Cc3nnc(CO)n3C)CC2)ccc1OC. The van der Waals surface area contributed by atoms with Crippen molar-refractivity contribution < 1.29 is 9.84 Å². The number of hydrogen-bond donors (Lipinski definition) is 1. The van der Waals surface area contributed by atoms with E-state index in [9.17, 15) is 5.11 Å². The minimum atomic E-state index is -0.0579. The second-order valence-corrected chi connectivity index (χ2v) is 7.31. The number of nitrogens with zero attached hydrogens (tertiary/aromatic N) is 4. The summed E-state index contributed by atoms with van der Waals surface area (Å²) in [5.41, 5.74) is 2.52. The summed E-state index contributed by atoms with van der Waals surface area (Å²) in [6, 6.07) is 6.46. The van der Waals surface area contributed by atoms with Gasteiger partial charge in [-0.25, -0.2) is 0 Å². The third-order valence-electron chi connectivity index (χ3n) is 5.49. The molecule has 146 valence electrons. The Morgan fingerprint density at radius 3 is 2.63 bits per heavy atom. The molecule has 1 aliphatic heterocycles. The molecule has 1 N–H and O–H groups in total. The lowest BCUT2D eigenvalue weighted by molar-refractivity contribution is 0.175. The van der Waals surface area contributed by atoms with E-state index in [4.69, 9.17) is 4.74 Å². The van der Waals surface area contributed by atoms with Crippen LogP contribution in [0.15, 0.2) is 30.9 Å². The monoisotopic (exact) mass is 370 g/mol. The molecule has 0 aliphatic carbocycles. The maximum absolute atomic E-state index is 9.26. The molecule has 0 bridgehead atoms. The highest BCUT2D eigenvalue weighted by Gasteiger charge is 2.22. The molecule has 1 aliphatic rings. The fourth-order valence-corrected chi connectivity index (χ4v) is 3.82. The second-order valence-electron chi connectivity index (χ2n) is 7.31. The van der Waals surface area contributed by atoms with Crippen molar-refractivity contribution in [2.24, 2.45) is 13.0 Å². The summed E-state index contributed by atoms with van der Waals surface area (Å²) in [4.78, 5) is 2.52. The van der Waals surface area contributed by atoms with Gasteiger partial charge in [-0.05, 0) is 55.5 Å². The molecule has 2 aromatic rings. The number of aliphatic hydroxyl groups is 1. The van der Waals surface area contributed by atoms with E-state index >= 15 is 0 Å². The van der Waals surface area contributed by atoms with Crippen LogP contribution >= 0.6 is 0 Å². The molecule has 2 heterocycles. The number of hydrogen-bond acceptors (Lipinski definition) is 5. The minimum absolute atomic E-state index is 0.0579. The number of methoxy groups -OCH3 is 1. The molecule has 0 unspecified atom stereocenters. The average Bonchev–Trinajstić information content (AvgIpc) is 3.03. The van der Waals surface area contributed by atoms with E-state index in [0.29, 0.717) is 11.7 Å². The molecule has 0 radical (unpaired) electrons. The third kappa shape index (κ3) is 4.76. The first kappa shape index (κ1) is 19.6. The largest absolute Gasteiger partial charge is 0.496 e. The number of piperidine rings is 1. The van der Waals surface area contributed by atoms with Gasteiger partial charge in [-0.15, -0.1) is 16.8 Å². The maximum atomic E-state index is 9.26. The zero-order valence-electron chi connectivity index (χ0n) is 16.4. The van der Waals surface area contributed by atoms with Crippen molar-refractivity contribution >= 4 is 0 Å². The molecule has 27 heavy (non-hydrogen) atoms. The number of ether oxygens (including phenoxy) is 1. The van der Waals surface area contributed by atoms with Crippen LogP contribution in [-0.4, -0.2) is 45.0 Å². The van der Waals surface area contributed by atoms with Gasteiger partial charge in [0.2, 0.25) is 0 Å². The predicted octanol–water partition coefficient (Wildman–Crippen LogP) is 2.50. The van der Waals surface area contributed by atoms with E-state index in [0.717, 1.165) is 56.9 Å². The smallest absolute Gasteiger partial charge is 0.158 e. The van der Waals surface area contributed by atoms with Gasteiger partial charge in [0, 0.05) is 20.0 Å². The normalized spacial score (nSPS) is 15.8. The van der Waals surface area contributed by atoms with Crippen molar-refractivity contribution in [2.75, 3.05) is 20.2 Å². The van der Waals surface area contributed by atoms with Gasteiger partial charge in [0.05, 0.1) is 7.11 Å². The molecule has 0 spiro atoms. The van der Waals surface area contributed by atoms with Crippen LogP contribution in [-0.2, 0) is 33.0 Å². The Labute approximate surface area is 161 Å².